The number of carbonyl (C=O) groups is 2. The van der Waals surface area contributed by atoms with Crippen LogP contribution in [0.2, 0.25) is 0 Å². The first-order chi connectivity index (χ1) is 13.0. The molecule has 7 heteroatoms. The standard InChI is InChI=1S/C20H20N4O3/c1-13(2)21-20(26)23-16-10-8-15(9-11-16)22-19(25)17-12-18(27-24-17)14-6-4-3-5-7-14/h3-13H,1-2H3,(H,22,25)(H2,21,23,26). The Morgan fingerprint density at radius 2 is 1.56 bits per heavy atom. The zero-order valence-electron chi connectivity index (χ0n) is 15.0. The van der Waals surface area contributed by atoms with Crippen molar-refractivity contribution in [2.45, 2.75) is 19.9 Å². The van der Waals surface area contributed by atoms with Gasteiger partial charge in [0.25, 0.3) is 5.91 Å². The monoisotopic (exact) mass is 364 g/mol. The lowest BCUT2D eigenvalue weighted by Crippen LogP contribution is -2.34. The third-order valence-corrected chi connectivity index (χ3v) is 3.62. The number of nitrogens with zero attached hydrogens (tertiary/aromatic N) is 1. The minimum absolute atomic E-state index is 0.0480. The molecule has 0 aliphatic carbocycles. The molecule has 0 aliphatic heterocycles. The van der Waals surface area contributed by atoms with E-state index in [1.807, 2.05) is 44.2 Å². The molecule has 3 rings (SSSR count). The van der Waals surface area contributed by atoms with Gasteiger partial charge in [-0.25, -0.2) is 4.79 Å². The van der Waals surface area contributed by atoms with Crippen LogP contribution < -0.4 is 16.0 Å². The maximum Gasteiger partial charge on any atom is 0.319 e. The van der Waals surface area contributed by atoms with Crippen molar-refractivity contribution < 1.29 is 14.1 Å². The number of anilines is 2. The van der Waals surface area contributed by atoms with E-state index in [9.17, 15) is 9.59 Å². The number of rotatable bonds is 5. The van der Waals surface area contributed by atoms with Gasteiger partial charge >= 0.3 is 6.03 Å². The Kier molecular flexibility index (Phi) is 5.51. The van der Waals surface area contributed by atoms with E-state index in [2.05, 4.69) is 21.1 Å². The molecule has 0 bridgehead atoms. The van der Waals surface area contributed by atoms with E-state index in [4.69, 9.17) is 4.52 Å². The molecule has 138 valence electrons. The van der Waals surface area contributed by atoms with Gasteiger partial charge in [0.2, 0.25) is 0 Å². The fourth-order valence-corrected chi connectivity index (χ4v) is 2.38. The van der Waals surface area contributed by atoms with Crippen molar-refractivity contribution in [2.75, 3.05) is 10.6 Å². The number of urea groups is 1. The SMILES string of the molecule is CC(C)NC(=O)Nc1ccc(NC(=O)c2cc(-c3ccccc3)on2)cc1. The van der Waals surface area contributed by atoms with E-state index in [1.54, 1.807) is 30.3 Å². The van der Waals surface area contributed by atoms with Crippen molar-refractivity contribution in [2.24, 2.45) is 0 Å². The van der Waals surface area contributed by atoms with Gasteiger partial charge in [-0.2, -0.15) is 0 Å². The van der Waals surface area contributed by atoms with Crippen molar-refractivity contribution >= 4 is 23.3 Å². The number of hydrogen-bond donors (Lipinski definition) is 3. The number of nitrogens with one attached hydrogen (secondary N) is 3. The molecule has 1 aromatic heterocycles. The second-order valence-corrected chi connectivity index (χ2v) is 6.23. The van der Waals surface area contributed by atoms with Crippen LogP contribution in [0.1, 0.15) is 24.3 Å². The highest BCUT2D eigenvalue weighted by Crippen LogP contribution is 2.20. The quantitative estimate of drug-likeness (QED) is 0.634. The van der Waals surface area contributed by atoms with Crippen molar-refractivity contribution in [3.05, 3.63) is 66.4 Å². The molecule has 0 fully saturated rings. The highest BCUT2D eigenvalue weighted by Gasteiger charge is 2.14. The normalized spacial score (nSPS) is 10.5. The zero-order chi connectivity index (χ0) is 19.2. The topological polar surface area (TPSA) is 96.3 Å². The zero-order valence-corrected chi connectivity index (χ0v) is 15.0. The maximum atomic E-state index is 12.3. The Balaban J connectivity index is 1.61. The summed E-state index contributed by atoms with van der Waals surface area (Å²) in [4.78, 5) is 24.0. The summed E-state index contributed by atoms with van der Waals surface area (Å²) in [6, 6.07) is 17.6. The molecule has 3 aromatic rings. The van der Waals surface area contributed by atoms with Gasteiger partial charge in [0.1, 0.15) is 0 Å². The summed E-state index contributed by atoms with van der Waals surface area (Å²) in [6.07, 6.45) is 0. The summed E-state index contributed by atoms with van der Waals surface area (Å²) in [5.74, 6) is 0.149. The maximum absolute atomic E-state index is 12.3. The predicted octanol–water partition coefficient (Wildman–Crippen LogP) is 4.12. The lowest BCUT2D eigenvalue weighted by molar-refractivity contribution is 0.101. The highest BCUT2D eigenvalue weighted by atomic mass is 16.5. The Hall–Kier alpha value is -3.61. The first-order valence-corrected chi connectivity index (χ1v) is 8.52. The Bertz CT molecular complexity index is 918. The highest BCUT2D eigenvalue weighted by molar-refractivity contribution is 6.03. The number of benzene rings is 2. The van der Waals surface area contributed by atoms with Crippen LogP contribution in [0.4, 0.5) is 16.2 Å². The van der Waals surface area contributed by atoms with Crippen molar-refractivity contribution in [1.82, 2.24) is 10.5 Å². The van der Waals surface area contributed by atoms with E-state index in [0.717, 1.165) is 5.56 Å². The summed E-state index contributed by atoms with van der Waals surface area (Å²) in [6.45, 7) is 3.76. The first-order valence-electron chi connectivity index (χ1n) is 8.52. The molecule has 0 aliphatic rings. The van der Waals surface area contributed by atoms with Crippen LogP contribution in [0.15, 0.2) is 65.2 Å². The Morgan fingerprint density at radius 1 is 0.926 bits per heavy atom. The fraction of sp³-hybridized carbons (Fsp3) is 0.150. The third-order valence-electron chi connectivity index (χ3n) is 3.62. The van der Waals surface area contributed by atoms with Gasteiger partial charge in [0.15, 0.2) is 11.5 Å². The van der Waals surface area contributed by atoms with E-state index in [1.165, 1.54) is 0 Å². The molecule has 2 aromatic carbocycles. The molecule has 3 amide bonds. The minimum atomic E-state index is -0.376. The van der Waals surface area contributed by atoms with E-state index in [-0.39, 0.29) is 23.7 Å². The number of amides is 3. The molecule has 27 heavy (non-hydrogen) atoms. The number of hydrogen-bond acceptors (Lipinski definition) is 4. The van der Waals surface area contributed by atoms with Crippen LogP contribution in [0, 0.1) is 0 Å². The molecule has 0 spiro atoms. The molecule has 0 saturated carbocycles. The summed E-state index contributed by atoms with van der Waals surface area (Å²) < 4.78 is 5.24. The Morgan fingerprint density at radius 3 is 2.19 bits per heavy atom. The van der Waals surface area contributed by atoms with E-state index < -0.39 is 0 Å². The van der Waals surface area contributed by atoms with Crippen LogP contribution in [0.25, 0.3) is 11.3 Å². The van der Waals surface area contributed by atoms with Crippen LogP contribution in [0.3, 0.4) is 0 Å². The van der Waals surface area contributed by atoms with Crippen LogP contribution >= 0.6 is 0 Å². The van der Waals surface area contributed by atoms with Gasteiger partial charge in [0, 0.05) is 29.0 Å². The van der Waals surface area contributed by atoms with Gasteiger partial charge in [0.05, 0.1) is 0 Å². The second kappa shape index (κ2) is 8.18. The van der Waals surface area contributed by atoms with Crippen molar-refractivity contribution in [3.63, 3.8) is 0 Å². The van der Waals surface area contributed by atoms with Gasteiger partial charge in [-0.05, 0) is 38.1 Å². The van der Waals surface area contributed by atoms with Gasteiger partial charge < -0.3 is 20.5 Å². The molecular formula is C20H20N4O3. The van der Waals surface area contributed by atoms with Crippen molar-refractivity contribution in [3.8, 4) is 11.3 Å². The predicted molar refractivity (Wildman–Crippen MR) is 104 cm³/mol. The summed E-state index contributed by atoms with van der Waals surface area (Å²) >= 11 is 0. The van der Waals surface area contributed by atoms with Gasteiger partial charge in [-0.15, -0.1) is 0 Å². The van der Waals surface area contributed by atoms with E-state index >= 15 is 0 Å². The number of carbonyl (C=O) groups excluding carboxylic acids is 2. The average Bonchev–Trinajstić information content (AvgIpc) is 3.14. The third kappa shape index (κ3) is 4.94. The van der Waals surface area contributed by atoms with Crippen LogP contribution in [-0.2, 0) is 0 Å². The molecule has 1 heterocycles. The number of aromatic nitrogens is 1. The van der Waals surface area contributed by atoms with Crippen LogP contribution in [0.5, 0.6) is 0 Å². The van der Waals surface area contributed by atoms with Gasteiger partial charge in [-0.1, -0.05) is 35.5 Å². The minimum Gasteiger partial charge on any atom is -0.355 e. The smallest absolute Gasteiger partial charge is 0.319 e. The molecule has 7 nitrogen and oxygen atoms in total. The molecular weight excluding hydrogens is 344 g/mol. The molecule has 0 unspecified atom stereocenters. The van der Waals surface area contributed by atoms with Crippen LogP contribution in [-0.4, -0.2) is 23.1 Å². The molecule has 0 radical (unpaired) electrons. The van der Waals surface area contributed by atoms with E-state index in [0.29, 0.717) is 17.1 Å². The molecule has 3 N–H and O–H groups in total. The summed E-state index contributed by atoms with van der Waals surface area (Å²) in [5, 5.41) is 12.0. The van der Waals surface area contributed by atoms with Gasteiger partial charge in [-0.3, -0.25) is 4.79 Å². The fourth-order valence-electron chi connectivity index (χ4n) is 2.38. The largest absolute Gasteiger partial charge is 0.355 e. The Labute approximate surface area is 156 Å². The average molecular weight is 364 g/mol. The van der Waals surface area contributed by atoms with Crippen molar-refractivity contribution in [1.29, 1.82) is 0 Å². The molecule has 0 atom stereocenters. The lowest BCUT2D eigenvalue weighted by Gasteiger charge is -2.10. The summed E-state index contributed by atoms with van der Waals surface area (Å²) in [7, 11) is 0. The summed E-state index contributed by atoms with van der Waals surface area (Å²) in [5.41, 5.74) is 2.24. The molecule has 0 saturated heterocycles. The first kappa shape index (κ1) is 18.2. The lowest BCUT2D eigenvalue weighted by atomic mass is 10.1. The second-order valence-electron chi connectivity index (χ2n) is 6.23.